The van der Waals surface area contributed by atoms with Gasteiger partial charge in [-0.2, -0.15) is 5.26 Å². The van der Waals surface area contributed by atoms with Gasteiger partial charge in [-0.15, -0.1) is 0 Å². The maximum absolute atomic E-state index is 13.2. The number of nitriles is 1. The van der Waals surface area contributed by atoms with E-state index in [-0.39, 0.29) is 5.82 Å². The Kier molecular flexibility index (Phi) is 4.02. The minimum absolute atomic E-state index is 0.322. The zero-order chi connectivity index (χ0) is 14.7. The molecule has 0 heterocycles. The van der Waals surface area contributed by atoms with Crippen LogP contribution in [0.25, 0.3) is 0 Å². The van der Waals surface area contributed by atoms with Gasteiger partial charge in [0.1, 0.15) is 5.82 Å². The summed E-state index contributed by atoms with van der Waals surface area (Å²) in [5.41, 5.74) is 1.44. The summed E-state index contributed by atoms with van der Waals surface area (Å²) in [6.45, 7) is 1.58. The largest absolute Gasteiger partial charge is 0.321 e. The molecule has 2 aromatic rings. The van der Waals surface area contributed by atoms with Gasteiger partial charge in [-0.3, -0.25) is 4.79 Å². The highest BCUT2D eigenvalue weighted by atomic mass is 35.5. The number of rotatable bonds is 2. The van der Waals surface area contributed by atoms with Gasteiger partial charge >= 0.3 is 0 Å². The molecule has 1 N–H and O–H groups in total. The van der Waals surface area contributed by atoms with Crippen molar-refractivity contribution < 1.29 is 9.18 Å². The van der Waals surface area contributed by atoms with Crippen molar-refractivity contribution in [3.05, 3.63) is 63.9 Å². The monoisotopic (exact) mass is 288 g/mol. The van der Waals surface area contributed by atoms with Crippen LogP contribution in [-0.4, -0.2) is 5.91 Å². The molecule has 0 atom stereocenters. The summed E-state index contributed by atoms with van der Waals surface area (Å²) >= 11 is 5.96. The lowest BCUT2D eigenvalue weighted by atomic mass is 10.1. The molecule has 2 rings (SSSR count). The van der Waals surface area contributed by atoms with Crippen molar-refractivity contribution in [3.63, 3.8) is 0 Å². The summed E-state index contributed by atoms with van der Waals surface area (Å²) in [5.74, 6) is -0.781. The molecule has 0 aromatic heterocycles. The minimum Gasteiger partial charge on any atom is -0.321 e. The number of halogens is 2. The molecule has 20 heavy (non-hydrogen) atoms. The molecule has 0 aliphatic rings. The first-order valence-electron chi connectivity index (χ1n) is 5.78. The number of amides is 1. The van der Waals surface area contributed by atoms with Gasteiger partial charge in [0.15, 0.2) is 0 Å². The van der Waals surface area contributed by atoms with E-state index in [1.807, 2.05) is 6.07 Å². The number of nitrogens with one attached hydrogen (secondary N) is 1. The summed E-state index contributed by atoms with van der Waals surface area (Å²) in [5, 5.41) is 11.8. The first-order valence-corrected chi connectivity index (χ1v) is 6.16. The fourth-order valence-corrected chi connectivity index (χ4v) is 1.84. The quantitative estimate of drug-likeness (QED) is 0.911. The normalized spacial score (nSPS) is 9.90. The van der Waals surface area contributed by atoms with E-state index < -0.39 is 5.91 Å². The third-order valence-electron chi connectivity index (χ3n) is 2.76. The van der Waals surface area contributed by atoms with Crippen LogP contribution in [0.5, 0.6) is 0 Å². The molecule has 0 spiro atoms. The summed E-state index contributed by atoms with van der Waals surface area (Å²) in [4.78, 5) is 12.1. The Labute approximate surface area is 120 Å². The van der Waals surface area contributed by atoms with Crippen molar-refractivity contribution in [2.45, 2.75) is 6.92 Å². The molecule has 2 aromatic carbocycles. The molecule has 0 radical (unpaired) electrons. The first kappa shape index (κ1) is 14.0. The molecule has 1 amide bonds. The lowest BCUT2D eigenvalue weighted by molar-refractivity contribution is 0.102. The first-order chi connectivity index (χ1) is 9.51. The average molecular weight is 289 g/mol. The molecule has 5 heteroatoms. The van der Waals surface area contributed by atoms with E-state index in [0.29, 0.717) is 27.4 Å². The smallest absolute Gasteiger partial charge is 0.255 e. The summed E-state index contributed by atoms with van der Waals surface area (Å²) < 4.78 is 13.2. The van der Waals surface area contributed by atoms with Gasteiger partial charge in [-0.05, 0) is 48.9 Å². The number of carbonyl (C=O) groups is 1. The van der Waals surface area contributed by atoms with Crippen LogP contribution >= 0.6 is 11.6 Å². The SMILES string of the molecule is Cc1cc(C(=O)Nc2cc(C#N)ccc2Cl)ccc1F. The van der Waals surface area contributed by atoms with E-state index in [1.165, 1.54) is 30.3 Å². The predicted octanol–water partition coefficient (Wildman–Crippen LogP) is 3.91. The van der Waals surface area contributed by atoms with Crippen molar-refractivity contribution in [2.24, 2.45) is 0 Å². The Morgan fingerprint density at radius 2 is 2.05 bits per heavy atom. The Hall–Kier alpha value is -2.38. The van der Waals surface area contributed by atoms with Crippen LogP contribution in [0.4, 0.5) is 10.1 Å². The van der Waals surface area contributed by atoms with E-state index in [4.69, 9.17) is 16.9 Å². The summed E-state index contributed by atoms with van der Waals surface area (Å²) in [6.07, 6.45) is 0. The second-order valence-corrected chi connectivity index (χ2v) is 4.63. The number of nitrogens with zero attached hydrogens (tertiary/aromatic N) is 1. The highest BCUT2D eigenvalue weighted by Gasteiger charge is 2.10. The number of hydrogen-bond donors (Lipinski definition) is 1. The lowest BCUT2D eigenvalue weighted by Crippen LogP contribution is -2.12. The molecule has 0 fully saturated rings. The number of hydrogen-bond acceptors (Lipinski definition) is 2. The van der Waals surface area contributed by atoms with Gasteiger partial charge in [0, 0.05) is 5.56 Å². The average Bonchev–Trinajstić information content (AvgIpc) is 2.44. The third-order valence-corrected chi connectivity index (χ3v) is 3.09. The summed E-state index contributed by atoms with van der Waals surface area (Å²) in [6, 6.07) is 10.6. The molecule has 0 bridgehead atoms. The fraction of sp³-hybridized carbons (Fsp3) is 0.0667. The van der Waals surface area contributed by atoms with Crippen LogP contribution in [0, 0.1) is 24.1 Å². The van der Waals surface area contributed by atoms with Crippen LogP contribution in [0.1, 0.15) is 21.5 Å². The Bertz CT molecular complexity index is 722. The highest BCUT2D eigenvalue weighted by Crippen LogP contribution is 2.23. The van der Waals surface area contributed by atoms with Crippen molar-refractivity contribution >= 4 is 23.2 Å². The van der Waals surface area contributed by atoms with Gasteiger partial charge in [0.2, 0.25) is 0 Å². The number of aryl methyl sites for hydroxylation is 1. The van der Waals surface area contributed by atoms with Gasteiger partial charge in [0.25, 0.3) is 5.91 Å². The second-order valence-electron chi connectivity index (χ2n) is 4.22. The lowest BCUT2D eigenvalue weighted by Gasteiger charge is -2.08. The predicted molar refractivity (Wildman–Crippen MR) is 75.3 cm³/mol. The molecule has 100 valence electrons. The third kappa shape index (κ3) is 2.95. The van der Waals surface area contributed by atoms with Gasteiger partial charge in [0.05, 0.1) is 22.3 Å². The molecule has 0 aliphatic heterocycles. The molecule has 0 saturated heterocycles. The van der Waals surface area contributed by atoms with E-state index in [1.54, 1.807) is 13.0 Å². The Morgan fingerprint density at radius 1 is 1.30 bits per heavy atom. The Morgan fingerprint density at radius 3 is 2.70 bits per heavy atom. The van der Waals surface area contributed by atoms with E-state index in [0.717, 1.165) is 0 Å². The van der Waals surface area contributed by atoms with Crippen LogP contribution in [0.3, 0.4) is 0 Å². The van der Waals surface area contributed by atoms with Crippen molar-refractivity contribution in [1.29, 1.82) is 5.26 Å². The van der Waals surface area contributed by atoms with E-state index in [2.05, 4.69) is 5.32 Å². The standard InChI is InChI=1S/C15H10ClFN2O/c1-9-6-11(3-5-13(9)17)15(20)19-14-7-10(8-18)2-4-12(14)16/h2-7H,1H3,(H,19,20). The minimum atomic E-state index is -0.412. The van der Waals surface area contributed by atoms with Crippen LogP contribution in [0.2, 0.25) is 5.02 Å². The van der Waals surface area contributed by atoms with Crippen LogP contribution < -0.4 is 5.32 Å². The molecule has 0 unspecified atom stereocenters. The van der Waals surface area contributed by atoms with Gasteiger partial charge in [-0.25, -0.2) is 4.39 Å². The van der Waals surface area contributed by atoms with Crippen molar-refractivity contribution in [2.75, 3.05) is 5.32 Å². The Balaban J connectivity index is 2.28. The number of anilines is 1. The van der Waals surface area contributed by atoms with E-state index >= 15 is 0 Å². The second kappa shape index (κ2) is 5.72. The van der Waals surface area contributed by atoms with Crippen LogP contribution in [-0.2, 0) is 0 Å². The molecular formula is C15H10ClFN2O. The maximum atomic E-state index is 13.2. The summed E-state index contributed by atoms with van der Waals surface area (Å²) in [7, 11) is 0. The van der Waals surface area contributed by atoms with Gasteiger partial charge < -0.3 is 5.32 Å². The zero-order valence-electron chi connectivity index (χ0n) is 10.6. The highest BCUT2D eigenvalue weighted by molar-refractivity contribution is 6.34. The molecule has 0 aliphatic carbocycles. The molecular weight excluding hydrogens is 279 g/mol. The number of carbonyl (C=O) groups excluding carboxylic acids is 1. The maximum Gasteiger partial charge on any atom is 0.255 e. The fourth-order valence-electron chi connectivity index (χ4n) is 1.67. The number of benzene rings is 2. The van der Waals surface area contributed by atoms with Crippen molar-refractivity contribution in [1.82, 2.24) is 0 Å². The van der Waals surface area contributed by atoms with Gasteiger partial charge in [-0.1, -0.05) is 11.6 Å². The zero-order valence-corrected chi connectivity index (χ0v) is 11.3. The molecule has 3 nitrogen and oxygen atoms in total. The van der Waals surface area contributed by atoms with Crippen LogP contribution in [0.15, 0.2) is 36.4 Å². The topological polar surface area (TPSA) is 52.9 Å². The molecule has 0 saturated carbocycles. The van der Waals surface area contributed by atoms with Crippen molar-refractivity contribution in [3.8, 4) is 6.07 Å². The van der Waals surface area contributed by atoms with E-state index in [9.17, 15) is 9.18 Å².